The lowest BCUT2D eigenvalue weighted by atomic mass is 10.2. The Morgan fingerprint density at radius 3 is 2.31 bits per heavy atom. The Morgan fingerprint density at radius 1 is 1.08 bits per heavy atom. The van der Waals surface area contributed by atoms with Crippen molar-refractivity contribution in [3.05, 3.63) is 59.9 Å². The maximum absolute atomic E-state index is 13.0. The summed E-state index contributed by atoms with van der Waals surface area (Å²) in [6, 6.07) is 14.0. The number of nitrogens with zero attached hydrogens (tertiary/aromatic N) is 3. The van der Waals surface area contributed by atoms with Gasteiger partial charge in [-0.25, -0.2) is 0 Å². The van der Waals surface area contributed by atoms with Gasteiger partial charge in [0.2, 0.25) is 11.8 Å². The molecule has 1 heterocycles. The lowest BCUT2D eigenvalue weighted by molar-refractivity contribution is -0.141. The highest BCUT2D eigenvalue weighted by atomic mass is 16.2. The van der Waals surface area contributed by atoms with Crippen LogP contribution in [0.25, 0.3) is 0 Å². The Morgan fingerprint density at radius 2 is 1.77 bits per heavy atom. The predicted octanol–water partition coefficient (Wildman–Crippen LogP) is 3.20. The first-order chi connectivity index (χ1) is 12.4. The van der Waals surface area contributed by atoms with Crippen LogP contribution in [-0.4, -0.2) is 38.8 Å². The molecule has 1 atom stereocenters. The number of rotatable bonds is 8. The minimum atomic E-state index is -0.0637. The van der Waals surface area contributed by atoms with Crippen LogP contribution in [0.3, 0.4) is 0 Å². The molecule has 140 valence electrons. The molecule has 26 heavy (non-hydrogen) atoms. The Hall–Kier alpha value is -2.56. The summed E-state index contributed by atoms with van der Waals surface area (Å²) in [5.41, 5.74) is 2.14. The van der Waals surface area contributed by atoms with Crippen LogP contribution in [-0.2, 0) is 29.7 Å². The number of hydrogen-bond donors (Lipinski definition) is 0. The van der Waals surface area contributed by atoms with Gasteiger partial charge in [-0.2, -0.15) is 0 Å². The van der Waals surface area contributed by atoms with Gasteiger partial charge in [-0.1, -0.05) is 37.3 Å². The largest absolute Gasteiger partial charge is 0.353 e. The number of carbonyl (C=O) groups excluding carboxylic acids is 2. The van der Waals surface area contributed by atoms with Gasteiger partial charge in [0.25, 0.3) is 0 Å². The molecule has 1 unspecified atom stereocenters. The zero-order chi connectivity index (χ0) is 19.1. The lowest BCUT2D eigenvalue weighted by Gasteiger charge is -2.30. The third-order valence-electron chi connectivity index (χ3n) is 4.81. The quantitative estimate of drug-likeness (QED) is 0.730. The Bertz CT molecular complexity index is 724. The first-order valence-corrected chi connectivity index (χ1v) is 9.11. The summed E-state index contributed by atoms with van der Waals surface area (Å²) in [4.78, 5) is 28.5. The highest BCUT2D eigenvalue weighted by Crippen LogP contribution is 2.13. The average molecular weight is 355 g/mol. The molecule has 0 fully saturated rings. The fourth-order valence-electron chi connectivity index (χ4n) is 2.94. The van der Waals surface area contributed by atoms with Crippen LogP contribution in [0.5, 0.6) is 0 Å². The molecule has 2 rings (SSSR count). The van der Waals surface area contributed by atoms with Gasteiger partial charge in [0, 0.05) is 38.4 Å². The van der Waals surface area contributed by atoms with Gasteiger partial charge in [-0.05, 0) is 31.0 Å². The number of benzene rings is 1. The molecule has 1 aromatic heterocycles. The van der Waals surface area contributed by atoms with Crippen LogP contribution in [0.15, 0.2) is 48.7 Å². The monoisotopic (exact) mass is 355 g/mol. The second-order valence-electron chi connectivity index (χ2n) is 6.75. The van der Waals surface area contributed by atoms with E-state index in [2.05, 4.69) is 0 Å². The zero-order valence-corrected chi connectivity index (χ0v) is 16.2. The Kier molecular flexibility index (Phi) is 7.01. The van der Waals surface area contributed by atoms with Crippen molar-refractivity contribution in [3.8, 4) is 0 Å². The van der Waals surface area contributed by atoms with Crippen molar-refractivity contribution in [3.63, 3.8) is 0 Å². The van der Waals surface area contributed by atoms with Crippen LogP contribution in [0.4, 0.5) is 0 Å². The van der Waals surface area contributed by atoms with Crippen molar-refractivity contribution in [1.82, 2.24) is 14.4 Å². The van der Waals surface area contributed by atoms with E-state index in [0.29, 0.717) is 13.1 Å². The minimum Gasteiger partial charge on any atom is -0.353 e. The molecular formula is C21H29N3O2. The van der Waals surface area contributed by atoms with E-state index < -0.39 is 0 Å². The van der Waals surface area contributed by atoms with E-state index in [1.165, 1.54) is 6.92 Å². The van der Waals surface area contributed by atoms with Crippen molar-refractivity contribution in [2.45, 2.75) is 46.3 Å². The molecule has 1 aromatic carbocycles. The van der Waals surface area contributed by atoms with Gasteiger partial charge < -0.3 is 14.4 Å². The summed E-state index contributed by atoms with van der Waals surface area (Å²) < 4.78 is 2.02. The van der Waals surface area contributed by atoms with Crippen molar-refractivity contribution in [2.24, 2.45) is 7.05 Å². The molecule has 0 spiro atoms. The van der Waals surface area contributed by atoms with Crippen molar-refractivity contribution >= 4 is 11.8 Å². The first kappa shape index (κ1) is 19.8. The topological polar surface area (TPSA) is 45.6 Å². The normalized spacial score (nSPS) is 11.8. The molecular weight excluding hydrogens is 326 g/mol. The minimum absolute atomic E-state index is 0.0365. The van der Waals surface area contributed by atoms with Crippen LogP contribution >= 0.6 is 0 Å². The Labute approximate surface area is 156 Å². The fourth-order valence-corrected chi connectivity index (χ4v) is 2.94. The lowest BCUT2D eigenvalue weighted by Crippen LogP contribution is -2.45. The van der Waals surface area contributed by atoms with E-state index in [1.54, 1.807) is 4.90 Å². The number of hydrogen-bond acceptors (Lipinski definition) is 2. The third-order valence-corrected chi connectivity index (χ3v) is 4.81. The van der Waals surface area contributed by atoms with Gasteiger partial charge in [0.1, 0.15) is 6.54 Å². The van der Waals surface area contributed by atoms with Crippen molar-refractivity contribution in [1.29, 1.82) is 0 Å². The summed E-state index contributed by atoms with van der Waals surface area (Å²) in [5, 5.41) is 0. The van der Waals surface area contributed by atoms with Gasteiger partial charge in [0.05, 0.1) is 6.54 Å². The Balaban J connectivity index is 2.19. The number of amides is 2. The molecule has 5 nitrogen and oxygen atoms in total. The molecule has 0 aliphatic rings. The third kappa shape index (κ3) is 5.22. The molecule has 5 heteroatoms. The van der Waals surface area contributed by atoms with Gasteiger partial charge in [0.15, 0.2) is 0 Å². The van der Waals surface area contributed by atoms with Gasteiger partial charge in [-0.3, -0.25) is 9.59 Å². The summed E-state index contributed by atoms with van der Waals surface area (Å²) in [6.07, 6.45) is 2.80. The highest BCUT2D eigenvalue weighted by molar-refractivity contribution is 5.84. The van der Waals surface area contributed by atoms with E-state index in [1.807, 2.05) is 79.0 Å². The second-order valence-corrected chi connectivity index (χ2v) is 6.75. The van der Waals surface area contributed by atoms with E-state index in [-0.39, 0.29) is 24.4 Å². The fraction of sp³-hybridized carbons (Fsp3) is 0.429. The molecule has 0 N–H and O–H groups in total. The van der Waals surface area contributed by atoms with Crippen LogP contribution in [0.2, 0.25) is 0 Å². The number of carbonyl (C=O) groups is 2. The van der Waals surface area contributed by atoms with Crippen LogP contribution in [0.1, 0.15) is 38.4 Å². The maximum atomic E-state index is 13.0. The summed E-state index contributed by atoms with van der Waals surface area (Å²) in [7, 11) is 1.97. The summed E-state index contributed by atoms with van der Waals surface area (Å²) >= 11 is 0. The van der Waals surface area contributed by atoms with E-state index in [0.717, 1.165) is 17.7 Å². The predicted molar refractivity (Wildman–Crippen MR) is 103 cm³/mol. The van der Waals surface area contributed by atoms with Crippen molar-refractivity contribution in [2.75, 3.05) is 6.54 Å². The van der Waals surface area contributed by atoms with Crippen molar-refractivity contribution < 1.29 is 9.59 Å². The molecule has 0 aliphatic heterocycles. The molecule has 0 saturated carbocycles. The first-order valence-electron chi connectivity index (χ1n) is 9.11. The van der Waals surface area contributed by atoms with E-state index in [9.17, 15) is 9.59 Å². The molecule has 0 bridgehead atoms. The SMILES string of the molecule is CCC(C)N(CC(=O)N(Cc1ccccc1)Cc1cccn1C)C(C)=O. The summed E-state index contributed by atoms with van der Waals surface area (Å²) in [6.45, 7) is 6.69. The number of aryl methyl sites for hydroxylation is 1. The van der Waals surface area contributed by atoms with Crippen LogP contribution in [0, 0.1) is 0 Å². The second kappa shape index (κ2) is 9.22. The van der Waals surface area contributed by atoms with Gasteiger partial charge in [-0.15, -0.1) is 0 Å². The standard InChI is InChI=1S/C21H29N3O2/c1-5-17(2)24(18(3)25)16-21(26)23(14-19-10-7-6-8-11-19)15-20-12-9-13-22(20)4/h6-13,17H,5,14-16H2,1-4H3. The van der Waals surface area contributed by atoms with Gasteiger partial charge >= 0.3 is 0 Å². The molecule has 0 aliphatic carbocycles. The van der Waals surface area contributed by atoms with E-state index >= 15 is 0 Å². The van der Waals surface area contributed by atoms with Crippen LogP contribution < -0.4 is 0 Å². The maximum Gasteiger partial charge on any atom is 0.242 e. The number of aromatic nitrogens is 1. The highest BCUT2D eigenvalue weighted by Gasteiger charge is 2.23. The summed E-state index contributed by atoms with van der Waals surface area (Å²) in [5.74, 6) is -0.100. The van der Waals surface area contributed by atoms with E-state index in [4.69, 9.17) is 0 Å². The molecule has 2 amide bonds. The molecule has 0 saturated heterocycles. The molecule has 0 radical (unpaired) electrons. The molecule has 2 aromatic rings. The smallest absolute Gasteiger partial charge is 0.242 e. The zero-order valence-electron chi connectivity index (χ0n) is 16.2. The average Bonchev–Trinajstić information content (AvgIpc) is 3.03.